The fourth-order valence-electron chi connectivity index (χ4n) is 2.84. The van der Waals surface area contributed by atoms with Gasteiger partial charge in [-0.1, -0.05) is 37.6 Å². The first kappa shape index (κ1) is 16.3. The van der Waals surface area contributed by atoms with Crippen LogP contribution in [0.4, 0.5) is 0 Å². The number of amides is 1. The van der Waals surface area contributed by atoms with Crippen molar-refractivity contribution in [1.29, 1.82) is 0 Å². The molecule has 4 heteroatoms. The molecule has 0 aromatic heterocycles. The van der Waals surface area contributed by atoms with Crippen LogP contribution in [0, 0.1) is 5.41 Å². The standard InChI is InChI=1S/C17H24ClNO2/c1-17(2,11-12-4-3-5-13(18)10-12)16(21)19-14-6-8-15(20)9-7-14/h3-5,10,14-15,20H,6-9,11H2,1-2H3,(H,19,21). The highest BCUT2D eigenvalue weighted by molar-refractivity contribution is 6.30. The van der Waals surface area contributed by atoms with Gasteiger partial charge in [-0.05, 0) is 49.8 Å². The molecule has 1 saturated carbocycles. The van der Waals surface area contributed by atoms with E-state index >= 15 is 0 Å². The molecule has 1 aliphatic carbocycles. The number of halogens is 1. The van der Waals surface area contributed by atoms with Crippen molar-refractivity contribution in [3.8, 4) is 0 Å². The maximum Gasteiger partial charge on any atom is 0.226 e. The zero-order chi connectivity index (χ0) is 15.5. The summed E-state index contributed by atoms with van der Waals surface area (Å²) in [6, 6.07) is 7.85. The first-order valence-electron chi connectivity index (χ1n) is 7.60. The van der Waals surface area contributed by atoms with E-state index in [1.807, 2.05) is 38.1 Å². The minimum Gasteiger partial charge on any atom is -0.393 e. The summed E-state index contributed by atoms with van der Waals surface area (Å²) in [5, 5.41) is 13.3. The van der Waals surface area contributed by atoms with Crippen LogP contribution >= 0.6 is 11.6 Å². The fraction of sp³-hybridized carbons (Fsp3) is 0.588. The van der Waals surface area contributed by atoms with Crippen molar-refractivity contribution in [3.05, 3.63) is 34.9 Å². The molecule has 0 heterocycles. The van der Waals surface area contributed by atoms with E-state index in [1.54, 1.807) is 0 Å². The molecule has 1 aromatic carbocycles. The van der Waals surface area contributed by atoms with Crippen molar-refractivity contribution in [3.63, 3.8) is 0 Å². The summed E-state index contributed by atoms with van der Waals surface area (Å²) >= 11 is 6.00. The van der Waals surface area contributed by atoms with Crippen molar-refractivity contribution in [1.82, 2.24) is 5.32 Å². The number of aliphatic hydroxyl groups is 1. The molecular weight excluding hydrogens is 286 g/mol. The highest BCUT2D eigenvalue weighted by Gasteiger charge is 2.30. The predicted octanol–water partition coefficient (Wildman–Crippen LogP) is 3.33. The van der Waals surface area contributed by atoms with Gasteiger partial charge >= 0.3 is 0 Å². The summed E-state index contributed by atoms with van der Waals surface area (Å²) in [6.45, 7) is 3.92. The van der Waals surface area contributed by atoms with Crippen LogP contribution in [0.3, 0.4) is 0 Å². The summed E-state index contributed by atoms with van der Waals surface area (Å²) in [5.41, 5.74) is 0.600. The summed E-state index contributed by atoms with van der Waals surface area (Å²) in [5.74, 6) is 0.0730. The molecule has 1 aliphatic rings. The molecule has 21 heavy (non-hydrogen) atoms. The largest absolute Gasteiger partial charge is 0.393 e. The van der Waals surface area contributed by atoms with E-state index in [0.717, 1.165) is 31.2 Å². The van der Waals surface area contributed by atoms with Crippen molar-refractivity contribution in [2.24, 2.45) is 5.41 Å². The number of carbonyl (C=O) groups is 1. The SMILES string of the molecule is CC(C)(Cc1cccc(Cl)c1)C(=O)NC1CCC(O)CC1. The molecule has 3 nitrogen and oxygen atoms in total. The summed E-state index contributed by atoms with van der Waals surface area (Å²) in [7, 11) is 0. The zero-order valence-corrected chi connectivity index (χ0v) is 13.5. The van der Waals surface area contributed by atoms with Crippen LogP contribution in [0.25, 0.3) is 0 Å². The second-order valence-electron chi connectivity index (χ2n) is 6.67. The maximum absolute atomic E-state index is 12.5. The van der Waals surface area contributed by atoms with Gasteiger partial charge in [0.25, 0.3) is 0 Å². The van der Waals surface area contributed by atoms with Crippen LogP contribution in [0.5, 0.6) is 0 Å². The smallest absolute Gasteiger partial charge is 0.226 e. The second kappa shape index (κ2) is 6.80. The van der Waals surface area contributed by atoms with E-state index in [-0.39, 0.29) is 18.1 Å². The van der Waals surface area contributed by atoms with Crippen molar-refractivity contribution in [2.75, 3.05) is 0 Å². The lowest BCUT2D eigenvalue weighted by molar-refractivity contribution is -0.130. The van der Waals surface area contributed by atoms with E-state index in [9.17, 15) is 9.90 Å². The number of benzene rings is 1. The lowest BCUT2D eigenvalue weighted by Crippen LogP contribution is -2.45. The monoisotopic (exact) mass is 309 g/mol. The van der Waals surface area contributed by atoms with Crippen molar-refractivity contribution in [2.45, 2.75) is 58.1 Å². The molecule has 0 bridgehead atoms. The van der Waals surface area contributed by atoms with E-state index in [0.29, 0.717) is 11.4 Å². The zero-order valence-electron chi connectivity index (χ0n) is 12.7. The molecule has 1 amide bonds. The molecule has 0 saturated heterocycles. The van der Waals surface area contributed by atoms with Crippen LogP contribution in [-0.2, 0) is 11.2 Å². The Labute approximate surface area is 131 Å². The van der Waals surface area contributed by atoms with Gasteiger partial charge in [0, 0.05) is 16.5 Å². The molecule has 0 radical (unpaired) electrons. The van der Waals surface area contributed by atoms with Gasteiger partial charge in [-0.2, -0.15) is 0 Å². The van der Waals surface area contributed by atoms with E-state index in [4.69, 9.17) is 11.6 Å². The highest BCUT2D eigenvalue weighted by Crippen LogP contribution is 2.25. The lowest BCUT2D eigenvalue weighted by Gasteiger charge is -2.31. The Hall–Kier alpha value is -1.06. The molecule has 0 aliphatic heterocycles. The van der Waals surface area contributed by atoms with Crippen LogP contribution in [0.2, 0.25) is 5.02 Å². The van der Waals surface area contributed by atoms with Gasteiger partial charge in [0.15, 0.2) is 0 Å². The van der Waals surface area contributed by atoms with Gasteiger partial charge in [0.1, 0.15) is 0 Å². The van der Waals surface area contributed by atoms with E-state index in [1.165, 1.54) is 0 Å². The minimum absolute atomic E-state index is 0.0730. The van der Waals surface area contributed by atoms with Crippen molar-refractivity contribution >= 4 is 17.5 Å². The van der Waals surface area contributed by atoms with Crippen LogP contribution < -0.4 is 5.32 Å². The third kappa shape index (κ3) is 4.72. The highest BCUT2D eigenvalue weighted by atomic mass is 35.5. The number of aliphatic hydroxyl groups excluding tert-OH is 1. The van der Waals surface area contributed by atoms with Gasteiger partial charge < -0.3 is 10.4 Å². The first-order chi connectivity index (χ1) is 9.87. The number of carbonyl (C=O) groups excluding carboxylic acids is 1. The van der Waals surface area contributed by atoms with E-state index < -0.39 is 5.41 Å². The van der Waals surface area contributed by atoms with Crippen LogP contribution in [0.1, 0.15) is 45.1 Å². The fourth-order valence-corrected chi connectivity index (χ4v) is 3.05. The van der Waals surface area contributed by atoms with Gasteiger partial charge in [-0.15, -0.1) is 0 Å². The molecule has 2 N–H and O–H groups in total. The molecule has 2 rings (SSSR count). The third-order valence-electron chi connectivity index (χ3n) is 4.18. The second-order valence-corrected chi connectivity index (χ2v) is 7.11. The summed E-state index contributed by atoms with van der Waals surface area (Å²) < 4.78 is 0. The van der Waals surface area contributed by atoms with Gasteiger partial charge in [-0.3, -0.25) is 4.79 Å². The van der Waals surface area contributed by atoms with Crippen LogP contribution in [0.15, 0.2) is 24.3 Å². The van der Waals surface area contributed by atoms with E-state index in [2.05, 4.69) is 5.32 Å². The average molecular weight is 310 g/mol. The number of nitrogens with one attached hydrogen (secondary N) is 1. The first-order valence-corrected chi connectivity index (χ1v) is 7.98. The number of rotatable bonds is 4. The van der Waals surface area contributed by atoms with Gasteiger partial charge in [0.2, 0.25) is 5.91 Å². The van der Waals surface area contributed by atoms with Crippen molar-refractivity contribution < 1.29 is 9.90 Å². The normalized spacial score (nSPS) is 22.9. The molecular formula is C17H24ClNO2. The number of hydrogen-bond donors (Lipinski definition) is 2. The van der Waals surface area contributed by atoms with Gasteiger partial charge in [0.05, 0.1) is 6.10 Å². The minimum atomic E-state index is -0.471. The Morgan fingerprint density at radius 3 is 2.62 bits per heavy atom. The molecule has 0 spiro atoms. The Bertz CT molecular complexity index is 493. The van der Waals surface area contributed by atoms with Crippen LogP contribution in [-0.4, -0.2) is 23.2 Å². The summed E-state index contributed by atoms with van der Waals surface area (Å²) in [6.07, 6.45) is 3.74. The predicted molar refractivity (Wildman–Crippen MR) is 85.3 cm³/mol. The molecule has 1 fully saturated rings. The Morgan fingerprint density at radius 2 is 2.00 bits per heavy atom. The molecule has 1 aromatic rings. The molecule has 0 atom stereocenters. The quantitative estimate of drug-likeness (QED) is 0.896. The Kier molecular flexibility index (Phi) is 5.28. The Morgan fingerprint density at radius 1 is 1.33 bits per heavy atom. The maximum atomic E-state index is 12.5. The lowest BCUT2D eigenvalue weighted by atomic mass is 9.83. The molecule has 0 unspecified atom stereocenters. The topological polar surface area (TPSA) is 49.3 Å². The third-order valence-corrected chi connectivity index (χ3v) is 4.42. The molecule has 116 valence electrons. The number of hydrogen-bond acceptors (Lipinski definition) is 2. The van der Waals surface area contributed by atoms with Gasteiger partial charge in [-0.25, -0.2) is 0 Å². The average Bonchev–Trinajstić information content (AvgIpc) is 2.41. The Balaban J connectivity index is 1.93. The summed E-state index contributed by atoms with van der Waals surface area (Å²) in [4.78, 5) is 12.5.